The smallest absolute Gasteiger partial charge is 0.259 e. The quantitative estimate of drug-likeness (QED) is 0.403. The number of allylic oxidation sites excluding steroid dienone is 1. The number of aliphatic hydroxyl groups is 1. The van der Waals surface area contributed by atoms with Gasteiger partial charge < -0.3 is 26.0 Å². The van der Waals surface area contributed by atoms with Crippen molar-refractivity contribution >= 4 is 39.8 Å². The zero-order valence-corrected chi connectivity index (χ0v) is 17.6. The van der Waals surface area contributed by atoms with Gasteiger partial charge in [-0.15, -0.1) is 0 Å². The van der Waals surface area contributed by atoms with Crippen LogP contribution in [0.1, 0.15) is 32.4 Å². The van der Waals surface area contributed by atoms with Crippen LogP contribution in [0.5, 0.6) is 0 Å². The highest BCUT2D eigenvalue weighted by Crippen LogP contribution is 2.37. The number of hydrogen-bond acceptors (Lipinski definition) is 6. The van der Waals surface area contributed by atoms with Crippen molar-refractivity contribution in [2.75, 3.05) is 31.1 Å². The number of piperazine rings is 1. The van der Waals surface area contributed by atoms with Crippen LogP contribution >= 0.6 is 11.6 Å². The Balaban J connectivity index is 1.92. The van der Waals surface area contributed by atoms with Gasteiger partial charge in [-0.3, -0.25) is 9.78 Å². The van der Waals surface area contributed by atoms with Gasteiger partial charge in [0.1, 0.15) is 5.76 Å². The minimum absolute atomic E-state index is 0.0598. The van der Waals surface area contributed by atoms with Gasteiger partial charge in [0.25, 0.3) is 5.91 Å². The zero-order valence-electron chi connectivity index (χ0n) is 16.9. The van der Waals surface area contributed by atoms with Gasteiger partial charge in [-0.25, -0.2) is 0 Å². The molecule has 0 bridgehead atoms. The molecule has 1 amide bonds. The maximum Gasteiger partial charge on any atom is 0.259 e. The third-order valence-electron chi connectivity index (χ3n) is 5.17. The first-order chi connectivity index (χ1) is 13.7. The molecule has 1 aromatic carbocycles. The van der Waals surface area contributed by atoms with E-state index in [2.05, 4.69) is 9.88 Å². The summed E-state index contributed by atoms with van der Waals surface area (Å²) in [6.45, 7) is 6.97. The maximum atomic E-state index is 12.8. The summed E-state index contributed by atoms with van der Waals surface area (Å²) in [5.74, 6) is -0.444. The number of carbonyl (C=O) groups excluding carboxylic acids is 1. The van der Waals surface area contributed by atoms with Crippen LogP contribution in [0.3, 0.4) is 0 Å². The molecule has 0 aliphatic carbocycles. The van der Waals surface area contributed by atoms with Crippen LogP contribution in [-0.4, -0.2) is 52.8 Å². The van der Waals surface area contributed by atoms with Gasteiger partial charge in [0.15, 0.2) is 0 Å². The molecule has 1 aromatic heterocycles. The van der Waals surface area contributed by atoms with E-state index in [1.807, 2.05) is 25.1 Å². The third-order valence-corrected chi connectivity index (χ3v) is 5.48. The standard InChI is InChI=1S/C21H26ClN5O2/c1-12(23)16-11-17(22)15-5-4-6-25-19(15)20(16)26-7-9-27(10-8-26)21(29)18(13(2)24)14(3)28/h4-6,11-12,24,28H,7-10,23H2,1-3H3/b18-14+,24-13?. The molecule has 0 saturated carbocycles. The lowest BCUT2D eigenvalue weighted by atomic mass is 10.0. The number of fused-ring (bicyclic) bond motifs is 1. The highest BCUT2D eigenvalue weighted by atomic mass is 35.5. The molecule has 1 fully saturated rings. The Morgan fingerprint density at radius 3 is 2.52 bits per heavy atom. The van der Waals surface area contributed by atoms with Crippen molar-refractivity contribution in [2.24, 2.45) is 5.73 Å². The summed E-state index contributed by atoms with van der Waals surface area (Å²) in [6, 6.07) is 5.47. The first-order valence-electron chi connectivity index (χ1n) is 9.54. The lowest BCUT2D eigenvalue weighted by Gasteiger charge is -2.38. The lowest BCUT2D eigenvalue weighted by Crippen LogP contribution is -2.50. The highest BCUT2D eigenvalue weighted by Gasteiger charge is 2.28. The van der Waals surface area contributed by atoms with Gasteiger partial charge in [-0.2, -0.15) is 0 Å². The molecule has 29 heavy (non-hydrogen) atoms. The van der Waals surface area contributed by atoms with Gasteiger partial charge >= 0.3 is 0 Å². The number of hydrogen-bond donors (Lipinski definition) is 3. The van der Waals surface area contributed by atoms with Crippen molar-refractivity contribution in [1.29, 1.82) is 5.41 Å². The first-order valence-corrected chi connectivity index (χ1v) is 9.92. The fraction of sp³-hybridized carbons (Fsp3) is 0.381. The number of halogens is 1. The third kappa shape index (κ3) is 4.06. The van der Waals surface area contributed by atoms with Crippen molar-refractivity contribution in [3.63, 3.8) is 0 Å². The predicted molar refractivity (Wildman–Crippen MR) is 117 cm³/mol. The number of amides is 1. The van der Waals surface area contributed by atoms with E-state index in [1.54, 1.807) is 11.1 Å². The number of nitrogens with zero attached hydrogens (tertiary/aromatic N) is 3. The second-order valence-electron chi connectivity index (χ2n) is 7.35. The molecule has 1 aliphatic rings. The summed E-state index contributed by atoms with van der Waals surface area (Å²) in [5.41, 5.74) is 9.02. The molecule has 0 spiro atoms. The summed E-state index contributed by atoms with van der Waals surface area (Å²) in [4.78, 5) is 21.2. The maximum absolute atomic E-state index is 12.8. The van der Waals surface area contributed by atoms with Crippen LogP contribution in [-0.2, 0) is 4.79 Å². The molecule has 1 unspecified atom stereocenters. The molecular formula is C21H26ClN5O2. The molecule has 0 radical (unpaired) electrons. The molecule has 1 atom stereocenters. The summed E-state index contributed by atoms with van der Waals surface area (Å²) in [6.07, 6.45) is 1.74. The largest absolute Gasteiger partial charge is 0.512 e. The molecule has 7 nitrogen and oxygen atoms in total. The number of pyridine rings is 1. The topological polar surface area (TPSA) is 107 Å². The SMILES string of the molecule is CC(=N)/C(C(=O)N1CCN(c2c(C(C)N)cc(Cl)c3cccnc23)CC1)=C(/C)O. The average molecular weight is 416 g/mol. The number of carbonyl (C=O) groups is 1. The second kappa shape index (κ2) is 8.39. The number of rotatable bonds is 4. The first kappa shape index (κ1) is 21.1. The van der Waals surface area contributed by atoms with E-state index < -0.39 is 0 Å². The summed E-state index contributed by atoms with van der Waals surface area (Å²) >= 11 is 6.46. The average Bonchev–Trinajstić information content (AvgIpc) is 2.67. The van der Waals surface area contributed by atoms with Crippen LogP contribution in [0.2, 0.25) is 5.02 Å². The van der Waals surface area contributed by atoms with Crippen LogP contribution in [0.25, 0.3) is 10.9 Å². The van der Waals surface area contributed by atoms with E-state index in [1.165, 1.54) is 13.8 Å². The number of benzene rings is 1. The van der Waals surface area contributed by atoms with Crippen LogP contribution in [0.4, 0.5) is 5.69 Å². The molecule has 8 heteroatoms. The predicted octanol–water partition coefficient (Wildman–Crippen LogP) is 3.43. The molecule has 4 N–H and O–H groups in total. The second-order valence-corrected chi connectivity index (χ2v) is 7.76. The van der Waals surface area contributed by atoms with E-state index in [0.717, 1.165) is 22.2 Å². The Morgan fingerprint density at radius 2 is 1.97 bits per heavy atom. The van der Waals surface area contributed by atoms with Crippen molar-refractivity contribution in [3.05, 3.63) is 46.3 Å². The fourth-order valence-electron chi connectivity index (χ4n) is 3.76. The van der Waals surface area contributed by atoms with Crippen LogP contribution < -0.4 is 10.6 Å². The Morgan fingerprint density at radius 1 is 1.31 bits per heavy atom. The minimum Gasteiger partial charge on any atom is -0.512 e. The molecular weight excluding hydrogens is 390 g/mol. The molecule has 154 valence electrons. The normalized spacial score (nSPS) is 16.6. The highest BCUT2D eigenvalue weighted by molar-refractivity contribution is 6.36. The van der Waals surface area contributed by atoms with Crippen molar-refractivity contribution in [3.8, 4) is 0 Å². The summed E-state index contributed by atoms with van der Waals surface area (Å²) < 4.78 is 0. The van der Waals surface area contributed by atoms with Crippen molar-refractivity contribution in [1.82, 2.24) is 9.88 Å². The minimum atomic E-state index is -0.316. The summed E-state index contributed by atoms with van der Waals surface area (Å²) in [7, 11) is 0. The number of anilines is 1. The summed E-state index contributed by atoms with van der Waals surface area (Å²) in [5, 5.41) is 19.1. The lowest BCUT2D eigenvalue weighted by molar-refractivity contribution is -0.127. The molecule has 2 aromatic rings. The van der Waals surface area contributed by atoms with E-state index in [-0.39, 0.29) is 29.0 Å². The number of aliphatic hydroxyl groups excluding tert-OH is 1. The Kier molecular flexibility index (Phi) is 6.10. The van der Waals surface area contributed by atoms with E-state index in [0.29, 0.717) is 31.2 Å². The van der Waals surface area contributed by atoms with Gasteiger partial charge in [0, 0.05) is 49.5 Å². The van der Waals surface area contributed by atoms with Gasteiger partial charge in [0.05, 0.1) is 21.8 Å². The van der Waals surface area contributed by atoms with E-state index in [9.17, 15) is 9.90 Å². The molecule has 1 aliphatic heterocycles. The molecule has 3 rings (SSSR count). The Hall–Kier alpha value is -2.64. The monoisotopic (exact) mass is 415 g/mol. The van der Waals surface area contributed by atoms with Crippen LogP contribution in [0, 0.1) is 5.41 Å². The number of nitrogens with one attached hydrogen (secondary N) is 1. The van der Waals surface area contributed by atoms with Crippen molar-refractivity contribution < 1.29 is 9.90 Å². The van der Waals surface area contributed by atoms with Gasteiger partial charge in [-0.05, 0) is 44.5 Å². The molecule has 1 saturated heterocycles. The van der Waals surface area contributed by atoms with E-state index in [4.69, 9.17) is 22.7 Å². The zero-order chi connectivity index (χ0) is 21.3. The Bertz CT molecular complexity index is 990. The fourth-order valence-corrected chi connectivity index (χ4v) is 4.03. The Labute approximate surface area is 175 Å². The van der Waals surface area contributed by atoms with Crippen molar-refractivity contribution in [2.45, 2.75) is 26.8 Å². The van der Waals surface area contributed by atoms with E-state index >= 15 is 0 Å². The number of nitrogens with two attached hydrogens (primary N) is 1. The van der Waals surface area contributed by atoms with Gasteiger partial charge in [-0.1, -0.05) is 11.6 Å². The van der Waals surface area contributed by atoms with Crippen LogP contribution in [0.15, 0.2) is 35.7 Å². The molecule has 2 heterocycles. The number of aromatic nitrogens is 1. The van der Waals surface area contributed by atoms with Gasteiger partial charge in [0.2, 0.25) is 0 Å².